The zero-order chi connectivity index (χ0) is 21.8. The first-order valence-corrected chi connectivity index (χ1v) is 10.3. The number of methoxy groups -OCH3 is 2. The van der Waals surface area contributed by atoms with Crippen molar-refractivity contribution in [2.75, 3.05) is 40.5 Å². The van der Waals surface area contributed by atoms with E-state index < -0.39 is 12.2 Å². The second kappa shape index (κ2) is 9.34. The minimum atomic E-state index is -0.815. The monoisotopic (exact) mass is 429 g/mol. The quantitative estimate of drug-likeness (QED) is 0.752. The molecule has 0 aromatic heterocycles. The van der Waals surface area contributed by atoms with Gasteiger partial charge in [0.2, 0.25) is 11.7 Å². The third-order valence-electron chi connectivity index (χ3n) is 5.51. The second-order valence-electron chi connectivity index (χ2n) is 7.49. The molecule has 2 heterocycles. The number of likely N-dealkylation sites (tertiary alicyclic amines) is 1. The highest BCUT2D eigenvalue weighted by molar-refractivity contribution is 5.80. The Morgan fingerprint density at radius 2 is 1.97 bits per heavy atom. The van der Waals surface area contributed by atoms with Gasteiger partial charge in [-0.05, 0) is 30.3 Å². The Hall–Kier alpha value is -3.13. The first kappa shape index (κ1) is 21.1. The van der Waals surface area contributed by atoms with Crippen LogP contribution in [0.15, 0.2) is 36.4 Å². The molecule has 8 nitrogen and oxygen atoms in total. The number of rotatable bonds is 6. The Balaban J connectivity index is 1.39. The first-order chi connectivity index (χ1) is 15.1. The van der Waals surface area contributed by atoms with Crippen LogP contribution in [0.4, 0.5) is 0 Å². The van der Waals surface area contributed by atoms with Gasteiger partial charge < -0.3 is 33.7 Å². The smallest absolute Gasteiger partial charge is 0.227 e. The zero-order valence-corrected chi connectivity index (χ0v) is 17.7. The van der Waals surface area contributed by atoms with Crippen molar-refractivity contribution in [3.8, 4) is 28.7 Å². The summed E-state index contributed by atoms with van der Waals surface area (Å²) >= 11 is 0. The summed E-state index contributed by atoms with van der Waals surface area (Å²) < 4.78 is 27.9. The molecule has 2 atom stereocenters. The first-order valence-electron chi connectivity index (χ1n) is 10.3. The van der Waals surface area contributed by atoms with Crippen molar-refractivity contribution < 1.29 is 33.6 Å². The number of β-amino-alcohol motifs (C(OH)–C–C–N with tert-alkyl or cyclic N) is 1. The molecular formula is C23H27NO7. The number of benzene rings is 2. The maximum absolute atomic E-state index is 12.9. The molecule has 4 rings (SSSR count). The highest BCUT2D eigenvalue weighted by Crippen LogP contribution is 2.40. The van der Waals surface area contributed by atoms with Crippen LogP contribution in [0.25, 0.3) is 0 Å². The number of amides is 1. The van der Waals surface area contributed by atoms with Gasteiger partial charge in [-0.15, -0.1) is 0 Å². The fourth-order valence-corrected chi connectivity index (χ4v) is 3.87. The van der Waals surface area contributed by atoms with Gasteiger partial charge in [0.25, 0.3) is 0 Å². The van der Waals surface area contributed by atoms with E-state index in [2.05, 4.69) is 0 Å². The van der Waals surface area contributed by atoms with Crippen LogP contribution in [0.5, 0.6) is 28.7 Å². The van der Waals surface area contributed by atoms with E-state index in [0.717, 1.165) is 5.56 Å². The molecule has 0 radical (unpaired) electrons. The van der Waals surface area contributed by atoms with E-state index in [9.17, 15) is 9.90 Å². The van der Waals surface area contributed by atoms with E-state index in [1.54, 1.807) is 43.4 Å². The molecule has 0 aliphatic carbocycles. The summed E-state index contributed by atoms with van der Waals surface area (Å²) in [6, 6.07) is 10.8. The van der Waals surface area contributed by atoms with Crippen LogP contribution in [-0.4, -0.2) is 68.6 Å². The van der Waals surface area contributed by atoms with Gasteiger partial charge in [0, 0.05) is 18.5 Å². The van der Waals surface area contributed by atoms with Crippen LogP contribution in [0.2, 0.25) is 0 Å². The molecule has 166 valence electrons. The highest BCUT2D eigenvalue weighted by atomic mass is 16.6. The van der Waals surface area contributed by atoms with Crippen LogP contribution < -0.4 is 23.7 Å². The third kappa shape index (κ3) is 4.64. The third-order valence-corrected chi connectivity index (χ3v) is 5.51. The number of nitrogens with zero attached hydrogens (tertiary/aromatic N) is 1. The number of piperidine rings is 1. The SMILES string of the molecule is COc1ccc(OC)c(CC(=O)N2CC[C@@H](Oc3cccc4c3OCCO4)[C@H](O)C2)c1. The maximum atomic E-state index is 12.9. The highest BCUT2D eigenvalue weighted by Gasteiger charge is 2.33. The molecule has 0 spiro atoms. The Labute approximate surface area is 181 Å². The van der Waals surface area contributed by atoms with E-state index in [1.165, 1.54) is 0 Å². The molecule has 2 aromatic carbocycles. The van der Waals surface area contributed by atoms with E-state index in [4.69, 9.17) is 23.7 Å². The number of hydrogen-bond donors (Lipinski definition) is 1. The van der Waals surface area contributed by atoms with Gasteiger partial charge in [0.15, 0.2) is 11.5 Å². The van der Waals surface area contributed by atoms with Crippen LogP contribution in [-0.2, 0) is 11.2 Å². The molecular weight excluding hydrogens is 402 g/mol. The van der Waals surface area contributed by atoms with Crippen molar-refractivity contribution >= 4 is 5.91 Å². The summed E-state index contributed by atoms with van der Waals surface area (Å²) in [7, 11) is 3.15. The standard InChI is InChI=1S/C23H27NO7/c1-27-16-6-7-18(28-2)15(12-16)13-22(26)24-9-8-19(17(25)14-24)31-21-5-3-4-20-23(21)30-11-10-29-20/h3-7,12,17,19,25H,8-11,13-14H2,1-2H3/t17-,19-/m1/s1. The van der Waals surface area contributed by atoms with E-state index in [-0.39, 0.29) is 18.9 Å². The van der Waals surface area contributed by atoms with E-state index in [0.29, 0.717) is 54.9 Å². The predicted octanol–water partition coefficient (Wildman–Crippen LogP) is 2.06. The number of aliphatic hydroxyl groups is 1. The van der Waals surface area contributed by atoms with Crippen molar-refractivity contribution in [1.29, 1.82) is 0 Å². The Bertz CT molecular complexity index is 932. The molecule has 0 unspecified atom stereocenters. The summed E-state index contributed by atoms with van der Waals surface area (Å²) in [6.45, 7) is 1.63. The molecule has 0 saturated carbocycles. The molecule has 0 bridgehead atoms. The van der Waals surface area contributed by atoms with Gasteiger partial charge >= 0.3 is 0 Å². The molecule has 8 heteroatoms. The summed E-state index contributed by atoms with van der Waals surface area (Å²) in [5.74, 6) is 2.94. The van der Waals surface area contributed by atoms with Crippen molar-refractivity contribution in [3.05, 3.63) is 42.0 Å². The number of carbonyl (C=O) groups is 1. The Kier molecular flexibility index (Phi) is 6.36. The fourth-order valence-electron chi connectivity index (χ4n) is 3.87. The molecule has 1 saturated heterocycles. The lowest BCUT2D eigenvalue weighted by molar-refractivity contribution is -0.136. The molecule has 2 aliphatic rings. The van der Waals surface area contributed by atoms with Gasteiger partial charge in [0.1, 0.15) is 36.9 Å². The second-order valence-corrected chi connectivity index (χ2v) is 7.49. The Morgan fingerprint density at radius 1 is 1.13 bits per heavy atom. The molecule has 2 aliphatic heterocycles. The molecule has 2 aromatic rings. The van der Waals surface area contributed by atoms with Crippen LogP contribution in [0.3, 0.4) is 0 Å². The fraction of sp³-hybridized carbons (Fsp3) is 0.435. The minimum Gasteiger partial charge on any atom is -0.497 e. The number of fused-ring (bicyclic) bond motifs is 1. The molecule has 1 fully saturated rings. The number of ether oxygens (including phenoxy) is 5. The lowest BCUT2D eigenvalue weighted by atomic mass is 10.0. The number of hydrogen-bond acceptors (Lipinski definition) is 7. The van der Waals surface area contributed by atoms with Gasteiger partial charge in [0.05, 0.1) is 27.2 Å². The summed E-state index contributed by atoms with van der Waals surface area (Å²) in [5, 5.41) is 10.7. The van der Waals surface area contributed by atoms with E-state index in [1.807, 2.05) is 12.1 Å². The van der Waals surface area contributed by atoms with Crippen molar-refractivity contribution in [2.45, 2.75) is 25.0 Å². The van der Waals surface area contributed by atoms with Gasteiger partial charge in [-0.25, -0.2) is 0 Å². The van der Waals surface area contributed by atoms with E-state index >= 15 is 0 Å². The molecule has 1 N–H and O–H groups in total. The normalized spacial score (nSPS) is 20.2. The van der Waals surface area contributed by atoms with Gasteiger partial charge in [-0.2, -0.15) is 0 Å². The van der Waals surface area contributed by atoms with Gasteiger partial charge in [-0.3, -0.25) is 4.79 Å². The van der Waals surface area contributed by atoms with Crippen molar-refractivity contribution in [2.24, 2.45) is 0 Å². The number of para-hydroxylation sites is 1. The van der Waals surface area contributed by atoms with Crippen molar-refractivity contribution in [3.63, 3.8) is 0 Å². The zero-order valence-electron chi connectivity index (χ0n) is 17.7. The minimum absolute atomic E-state index is 0.0853. The largest absolute Gasteiger partial charge is 0.497 e. The van der Waals surface area contributed by atoms with Crippen LogP contribution >= 0.6 is 0 Å². The Morgan fingerprint density at radius 3 is 2.74 bits per heavy atom. The molecule has 31 heavy (non-hydrogen) atoms. The van der Waals surface area contributed by atoms with Gasteiger partial charge in [-0.1, -0.05) is 6.07 Å². The van der Waals surface area contributed by atoms with Crippen LogP contribution in [0.1, 0.15) is 12.0 Å². The topological polar surface area (TPSA) is 86.7 Å². The average Bonchev–Trinajstić information content (AvgIpc) is 2.80. The predicted molar refractivity (Wildman–Crippen MR) is 112 cm³/mol. The summed E-state index contributed by atoms with van der Waals surface area (Å²) in [5.41, 5.74) is 0.743. The number of carbonyl (C=O) groups excluding carboxylic acids is 1. The van der Waals surface area contributed by atoms with Crippen molar-refractivity contribution in [1.82, 2.24) is 4.90 Å². The number of aliphatic hydroxyl groups excluding tert-OH is 1. The molecule has 1 amide bonds. The maximum Gasteiger partial charge on any atom is 0.227 e. The lowest BCUT2D eigenvalue weighted by Gasteiger charge is -2.36. The van der Waals surface area contributed by atoms with Crippen LogP contribution in [0, 0.1) is 0 Å². The summed E-state index contributed by atoms with van der Waals surface area (Å²) in [6.07, 6.45) is -0.583. The lowest BCUT2D eigenvalue weighted by Crippen LogP contribution is -2.51. The summed E-state index contributed by atoms with van der Waals surface area (Å²) in [4.78, 5) is 14.5. The average molecular weight is 429 g/mol.